The molecule has 4 rings (SSSR count). The van der Waals surface area contributed by atoms with Gasteiger partial charge in [0.1, 0.15) is 5.60 Å². The summed E-state index contributed by atoms with van der Waals surface area (Å²) < 4.78 is 6.22. The fraction of sp³-hybridized carbons (Fsp3) is 0.750. The zero-order chi connectivity index (χ0) is 18.9. The molecule has 148 valence electrons. The normalized spacial score (nSPS) is 24.3. The molecule has 7 nitrogen and oxygen atoms in total. The van der Waals surface area contributed by atoms with Gasteiger partial charge in [-0.3, -0.25) is 9.69 Å². The van der Waals surface area contributed by atoms with Gasteiger partial charge in [0.15, 0.2) is 0 Å². The van der Waals surface area contributed by atoms with Gasteiger partial charge in [-0.1, -0.05) is 12.8 Å². The van der Waals surface area contributed by atoms with Crippen LogP contribution in [0, 0.1) is 0 Å². The Balaban J connectivity index is 1.43. The molecular weight excluding hydrogens is 342 g/mol. The maximum Gasteiger partial charge on any atom is 0.239 e. The number of anilines is 1. The first-order valence-electron chi connectivity index (χ1n) is 10.4. The Bertz CT molecular complexity index is 679. The van der Waals surface area contributed by atoms with Crippen LogP contribution in [-0.2, 0) is 21.6 Å². The topological polar surface area (TPSA) is 84.6 Å². The van der Waals surface area contributed by atoms with Crippen molar-refractivity contribution in [3.05, 3.63) is 17.5 Å². The summed E-state index contributed by atoms with van der Waals surface area (Å²) in [5.74, 6) is 0.553. The van der Waals surface area contributed by atoms with Crippen LogP contribution in [0.25, 0.3) is 0 Å². The number of carbonyl (C=O) groups excluding carboxylic acids is 1. The van der Waals surface area contributed by atoms with E-state index >= 15 is 0 Å². The van der Waals surface area contributed by atoms with E-state index in [1.165, 1.54) is 25.7 Å². The van der Waals surface area contributed by atoms with Crippen LogP contribution in [-0.4, -0.2) is 64.5 Å². The van der Waals surface area contributed by atoms with E-state index < -0.39 is 5.60 Å². The van der Waals surface area contributed by atoms with Crippen LogP contribution in [0.2, 0.25) is 0 Å². The number of piperidine rings is 1. The van der Waals surface area contributed by atoms with Gasteiger partial charge in [0, 0.05) is 19.3 Å². The van der Waals surface area contributed by atoms with Crippen molar-refractivity contribution in [1.29, 1.82) is 0 Å². The Labute approximate surface area is 161 Å². The number of nitrogens with two attached hydrogens (primary N) is 1. The van der Waals surface area contributed by atoms with Crippen LogP contribution in [0.15, 0.2) is 6.20 Å². The van der Waals surface area contributed by atoms with E-state index in [-0.39, 0.29) is 11.9 Å². The summed E-state index contributed by atoms with van der Waals surface area (Å²) in [5, 5.41) is 0. The zero-order valence-corrected chi connectivity index (χ0v) is 16.3. The third kappa shape index (κ3) is 3.67. The van der Waals surface area contributed by atoms with Crippen molar-refractivity contribution in [2.45, 2.75) is 63.5 Å². The van der Waals surface area contributed by atoms with Gasteiger partial charge in [0.05, 0.1) is 18.3 Å². The monoisotopic (exact) mass is 373 g/mol. The Morgan fingerprint density at radius 3 is 2.59 bits per heavy atom. The number of nitrogen functional groups attached to an aromatic ring is 1. The fourth-order valence-electron chi connectivity index (χ4n) is 4.79. The SMILES string of the molecule is CC(C(=O)N1CCC2(CC1)OCCc1cnc(N)nc12)N1CCCCCC1. The number of ether oxygens (including phenoxy) is 1. The predicted octanol–water partition coefficient (Wildman–Crippen LogP) is 1.71. The molecule has 1 aromatic rings. The molecule has 1 spiro atoms. The quantitative estimate of drug-likeness (QED) is 0.850. The molecule has 7 heteroatoms. The molecule has 0 radical (unpaired) electrons. The number of nitrogens with zero attached hydrogens (tertiary/aromatic N) is 4. The van der Waals surface area contributed by atoms with E-state index in [0.717, 1.165) is 43.6 Å². The molecule has 0 aliphatic carbocycles. The van der Waals surface area contributed by atoms with E-state index in [1.807, 2.05) is 11.1 Å². The van der Waals surface area contributed by atoms with E-state index in [1.54, 1.807) is 0 Å². The first-order valence-corrected chi connectivity index (χ1v) is 10.4. The number of hydrogen-bond donors (Lipinski definition) is 1. The van der Waals surface area contributed by atoms with Crippen molar-refractivity contribution in [2.75, 3.05) is 38.5 Å². The molecule has 3 aliphatic rings. The van der Waals surface area contributed by atoms with Crippen molar-refractivity contribution in [3.63, 3.8) is 0 Å². The lowest BCUT2D eigenvalue weighted by Gasteiger charge is -2.45. The van der Waals surface area contributed by atoms with Crippen LogP contribution in [0.1, 0.15) is 56.7 Å². The third-order valence-electron chi connectivity index (χ3n) is 6.49. The molecule has 4 heterocycles. The minimum Gasteiger partial charge on any atom is -0.368 e. The van der Waals surface area contributed by atoms with Gasteiger partial charge in [-0.05, 0) is 57.7 Å². The molecule has 0 saturated carbocycles. The summed E-state index contributed by atoms with van der Waals surface area (Å²) in [6.45, 7) is 6.24. The highest BCUT2D eigenvalue weighted by molar-refractivity contribution is 5.81. The largest absolute Gasteiger partial charge is 0.368 e. The van der Waals surface area contributed by atoms with Crippen LogP contribution in [0.5, 0.6) is 0 Å². The lowest BCUT2D eigenvalue weighted by Crippen LogP contribution is -2.53. The maximum absolute atomic E-state index is 13.1. The number of rotatable bonds is 2. The standard InChI is InChI=1S/C20H31N5O2/c1-15(24-9-4-2-3-5-10-24)18(26)25-11-7-20(8-12-25)17-16(6-13-27-20)14-22-19(21)23-17/h14-15H,2-13H2,1H3,(H2,21,22,23). The third-order valence-corrected chi connectivity index (χ3v) is 6.49. The number of fused-ring (bicyclic) bond motifs is 2. The van der Waals surface area contributed by atoms with Gasteiger partial charge >= 0.3 is 0 Å². The van der Waals surface area contributed by atoms with Crippen LogP contribution in [0.3, 0.4) is 0 Å². The van der Waals surface area contributed by atoms with Crippen molar-refractivity contribution in [3.8, 4) is 0 Å². The molecule has 1 unspecified atom stereocenters. The minimum absolute atomic E-state index is 0.0327. The van der Waals surface area contributed by atoms with Gasteiger partial charge in [0.25, 0.3) is 0 Å². The summed E-state index contributed by atoms with van der Waals surface area (Å²) in [4.78, 5) is 26.1. The molecule has 3 aliphatic heterocycles. The highest BCUT2D eigenvalue weighted by atomic mass is 16.5. The first-order chi connectivity index (χ1) is 13.1. The van der Waals surface area contributed by atoms with Gasteiger partial charge in [-0.15, -0.1) is 0 Å². The second-order valence-corrected chi connectivity index (χ2v) is 8.15. The Kier molecular flexibility index (Phi) is 5.32. The lowest BCUT2D eigenvalue weighted by molar-refractivity contribution is -0.146. The summed E-state index contributed by atoms with van der Waals surface area (Å²) in [6.07, 6.45) is 9.17. The summed E-state index contributed by atoms with van der Waals surface area (Å²) >= 11 is 0. The van der Waals surface area contributed by atoms with Crippen LogP contribution >= 0.6 is 0 Å². The predicted molar refractivity (Wildman–Crippen MR) is 103 cm³/mol. The molecule has 1 atom stereocenters. The first kappa shape index (κ1) is 18.6. The molecule has 2 saturated heterocycles. The molecule has 27 heavy (non-hydrogen) atoms. The van der Waals surface area contributed by atoms with Crippen LogP contribution in [0.4, 0.5) is 5.95 Å². The smallest absolute Gasteiger partial charge is 0.239 e. The zero-order valence-electron chi connectivity index (χ0n) is 16.3. The highest BCUT2D eigenvalue weighted by Gasteiger charge is 2.44. The number of carbonyl (C=O) groups is 1. The number of likely N-dealkylation sites (tertiary alicyclic amines) is 2. The van der Waals surface area contributed by atoms with Crippen molar-refractivity contribution >= 4 is 11.9 Å². The summed E-state index contributed by atoms with van der Waals surface area (Å²) in [5.41, 5.74) is 7.50. The van der Waals surface area contributed by atoms with E-state index in [2.05, 4.69) is 21.8 Å². The molecule has 0 bridgehead atoms. The second-order valence-electron chi connectivity index (χ2n) is 8.15. The molecular formula is C20H31N5O2. The van der Waals surface area contributed by atoms with Crippen LogP contribution < -0.4 is 5.73 Å². The average molecular weight is 374 g/mol. The average Bonchev–Trinajstić information content (AvgIpc) is 2.98. The van der Waals surface area contributed by atoms with Crippen molar-refractivity contribution < 1.29 is 9.53 Å². The molecule has 2 N–H and O–H groups in total. The van der Waals surface area contributed by atoms with E-state index in [0.29, 0.717) is 25.6 Å². The van der Waals surface area contributed by atoms with Gasteiger partial charge in [-0.25, -0.2) is 9.97 Å². The van der Waals surface area contributed by atoms with Crippen molar-refractivity contribution in [1.82, 2.24) is 19.8 Å². The molecule has 1 aromatic heterocycles. The minimum atomic E-state index is -0.409. The Hall–Kier alpha value is -1.73. The van der Waals surface area contributed by atoms with Gasteiger partial charge < -0.3 is 15.4 Å². The summed E-state index contributed by atoms with van der Waals surface area (Å²) in [7, 11) is 0. The number of hydrogen-bond acceptors (Lipinski definition) is 6. The molecule has 1 amide bonds. The van der Waals surface area contributed by atoms with E-state index in [4.69, 9.17) is 10.5 Å². The summed E-state index contributed by atoms with van der Waals surface area (Å²) in [6, 6.07) is -0.0327. The Morgan fingerprint density at radius 1 is 1.19 bits per heavy atom. The number of aromatic nitrogens is 2. The number of amides is 1. The fourth-order valence-corrected chi connectivity index (χ4v) is 4.79. The molecule has 0 aromatic carbocycles. The van der Waals surface area contributed by atoms with Crippen molar-refractivity contribution in [2.24, 2.45) is 0 Å². The second kappa shape index (κ2) is 7.72. The molecule has 2 fully saturated rings. The van der Waals surface area contributed by atoms with E-state index in [9.17, 15) is 4.79 Å². The van der Waals surface area contributed by atoms with Gasteiger partial charge in [0.2, 0.25) is 11.9 Å². The van der Waals surface area contributed by atoms with Gasteiger partial charge in [-0.2, -0.15) is 0 Å². The highest BCUT2D eigenvalue weighted by Crippen LogP contribution is 2.40. The maximum atomic E-state index is 13.1. The lowest BCUT2D eigenvalue weighted by atomic mass is 9.83. The Morgan fingerprint density at radius 2 is 1.89 bits per heavy atom.